The average Bonchev–Trinajstić information content (AvgIpc) is 2.72. The predicted molar refractivity (Wildman–Crippen MR) is 134 cm³/mol. The van der Waals surface area contributed by atoms with Crippen molar-refractivity contribution in [3.63, 3.8) is 0 Å². The van der Waals surface area contributed by atoms with Gasteiger partial charge in [-0.25, -0.2) is 0 Å². The van der Waals surface area contributed by atoms with E-state index in [4.69, 9.17) is 18.7 Å². The minimum absolute atomic E-state index is 0.141. The molecule has 0 aliphatic heterocycles. The molecule has 0 aromatic rings. The number of unbranched alkanes of at least 4 members (excludes halogenated alkanes) is 14. The molecule has 202 valence electrons. The Bertz CT molecular complexity index is 509. The molecule has 33 heavy (non-hydrogen) atoms. The smallest absolute Gasteiger partial charge is 0.325 e. The zero-order valence-electron chi connectivity index (χ0n) is 21.5. The van der Waals surface area contributed by atoms with Crippen LogP contribution < -0.4 is 5.73 Å². The molecule has 0 aliphatic rings. The first-order valence-electron chi connectivity index (χ1n) is 13.3. The Hall–Kier alpha value is -0.340. The lowest BCUT2D eigenvalue weighted by Crippen LogP contribution is -2.39. The number of hydrogen-bond acceptors (Lipinski definition) is 3. The molecule has 0 bridgehead atoms. The van der Waals surface area contributed by atoms with Crippen molar-refractivity contribution in [2.24, 2.45) is 5.73 Å². The first kappa shape index (κ1) is 34.8. The summed E-state index contributed by atoms with van der Waals surface area (Å²) in [5.41, 5.74) is 1.50. The van der Waals surface area contributed by atoms with E-state index in [2.05, 4.69) is 20.8 Å². The van der Waals surface area contributed by atoms with E-state index in [0.717, 1.165) is 0 Å². The Labute approximate surface area is 202 Å². The zero-order valence-corrected chi connectivity index (χ0v) is 22.3. The molecule has 0 unspecified atom stereocenters. The first-order chi connectivity index (χ1) is 15.4. The minimum atomic E-state index is -5.84. The molecule has 0 saturated heterocycles. The normalized spacial score (nSPS) is 12.5. The van der Waals surface area contributed by atoms with Crippen LogP contribution in [0, 0.1) is 0 Å². The maximum absolute atomic E-state index is 10.7. The molecule has 0 saturated carbocycles. The van der Waals surface area contributed by atoms with Gasteiger partial charge < -0.3 is 5.73 Å². The van der Waals surface area contributed by atoms with E-state index >= 15 is 0 Å². The number of hydrogen-bond donors (Lipinski definition) is 2. The third-order valence-electron chi connectivity index (χ3n) is 6.13. The van der Waals surface area contributed by atoms with Crippen molar-refractivity contribution >= 4 is 10.1 Å². The molecule has 0 aromatic heterocycles. The highest BCUT2D eigenvalue weighted by molar-refractivity contribution is 7.86. The number of halogens is 3. The molecule has 0 heterocycles. The monoisotopic (exact) mass is 503 g/mol. The summed E-state index contributed by atoms with van der Waals surface area (Å²) in [7, 11) is -5.84. The standard InChI is InChI=1S/C24H51N.CHF3O3S/c1-4-7-10-13-16-19-22-24(25,21-18-15-12-9-6-3)23-20-17-14-11-8-5-2;2-1(3,4)8(5,6)7/h4-23,25H2,1-3H3;(H,5,6,7). The summed E-state index contributed by atoms with van der Waals surface area (Å²) in [6.07, 6.45) is 27.3. The number of nitrogens with two attached hydrogens (primary N) is 1. The summed E-state index contributed by atoms with van der Waals surface area (Å²) in [4.78, 5) is 0. The van der Waals surface area contributed by atoms with Gasteiger partial charge in [-0.3, -0.25) is 4.55 Å². The molecule has 8 heteroatoms. The van der Waals surface area contributed by atoms with Crippen molar-refractivity contribution in [1.82, 2.24) is 0 Å². The first-order valence-corrected chi connectivity index (χ1v) is 14.7. The Kier molecular flexibility index (Phi) is 22.1. The van der Waals surface area contributed by atoms with Crippen LogP contribution in [0.2, 0.25) is 0 Å². The molecule has 0 spiro atoms. The van der Waals surface area contributed by atoms with Crippen molar-refractivity contribution in [2.75, 3.05) is 0 Å². The summed E-state index contributed by atoms with van der Waals surface area (Å²) in [6.45, 7) is 6.89. The molecular weight excluding hydrogens is 451 g/mol. The van der Waals surface area contributed by atoms with Crippen LogP contribution >= 0.6 is 0 Å². The predicted octanol–water partition coefficient (Wildman–Crippen LogP) is 8.94. The summed E-state index contributed by atoms with van der Waals surface area (Å²) in [5, 5.41) is 0. The number of alkyl halides is 3. The van der Waals surface area contributed by atoms with E-state index in [1.165, 1.54) is 128 Å². The topological polar surface area (TPSA) is 80.4 Å². The fourth-order valence-corrected chi connectivity index (χ4v) is 3.97. The molecular formula is C25H52F3NO3S. The van der Waals surface area contributed by atoms with Gasteiger partial charge in [-0.2, -0.15) is 21.6 Å². The van der Waals surface area contributed by atoms with Crippen LogP contribution in [0.5, 0.6) is 0 Å². The van der Waals surface area contributed by atoms with Crippen LogP contribution in [-0.4, -0.2) is 24.0 Å². The fourth-order valence-electron chi connectivity index (χ4n) is 3.97. The van der Waals surface area contributed by atoms with Gasteiger partial charge in [0.2, 0.25) is 0 Å². The summed E-state index contributed by atoms with van der Waals surface area (Å²) < 4.78 is 57.5. The lowest BCUT2D eigenvalue weighted by molar-refractivity contribution is -0.0510. The van der Waals surface area contributed by atoms with Gasteiger partial charge in [0.25, 0.3) is 0 Å². The second-order valence-electron chi connectivity index (χ2n) is 9.48. The molecule has 0 radical (unpaired) electrons. The second-order valence-corrected chi connectivity index (χ2v) is 10.9. The quantitative estimate of drug-likeness (QED) is 0.0987. The highest BCUT2D eigenvalue weighted by Crippen LogP contribution is 2.27. The van der Waals surface area contributed by atoms with Crippen LogP contribution in [0.15, 0.2) is 0 Å². The summed E-state index contributed by atoms with van der Waals surface area (Å²) in [6, 6.07) is 0. The lowest BCUT2D eigenvalue weighted by atomic mass is 9.82. The van der Waals surface area contributed by atoms with Crippen LogP contribution in [0.25, 0.3) is 0 Å². The Morgan fingerprint density at radius 3 is 1.00 bits per heavy atom. The summed E-state index contributed by atoms with van der Waals surface area (Å²) in [5.74, 6) is 0. The van der Waals surface area contributed by atoms with Crippen LogP contribution in [0.1, 0.15) is 149 Å². The van der Waals surface area contributed by atoms with Crippen molar-refractivity contribution < 1.29 is 26.1 Å². The minimum Gasteiger partial charge on any atom is -0.325 e. The second kappa shape index (κ2) is 21.0. The summed E-state index contributed by atoms with van der Waals surface area (Å²) >= 11 is 0. The van der Waals surface area contributed by atoms with Gasteiger partial charge in [-0.15, -0.1) is 0 Å². The van der Waals surface area contributed by atoms with Gasteiger partial charge in [-0.1, -0.05) is 130 Å². The Morgan fingerprint density at radius 2 is 0.788 bits per heavy atom. The van der Waals surface area contributed by atoms with Crippen molar-refractivity contribution in [3.05, 3.63) is 0 Å². The Morgan fingerprint density at radius 1 is 0.576 bits per heavy atom. The van der Waals surface area contributed by atoms with Gasteiger partial charge in [0.15, 0.2) is 0 Å². The van der Waals surface area contributed by atoms with Crippen molar-refractivity contribution in [1.29, 1.82) is 0 Å². The largest absolute Gasteiger partial charge is 0.522 e. The molecule has 0 aliphatic carbocycles. The van der Waals surface area contributed by atoms with Crippen LogP contribution in [-0.2, 0) is 10.1 Å². The molecule has 0 aromatic carbocycles. The SMILES string of the molecule is CCCCCCCCC(N)(CCCCCCC)CCCCCCCC.O=S(=O)(O)C(F)(F)F. The third kappa shape index (κ3) is 23.2. The maximum atomic E-state index is 10.7. The van der Waals surface area contributed by atoms with Gasteiger partial charge in [0.05, 0.1) is 0 Å². The van der Waals surface area contributed by atoms with E-state index in [0.29, 0.717) is 0 Å². The molecule has 0 atom stereocenters. The highest BCUT2D eigenvalue weighted by atomic mass is 32.2. The van der Waals surface area contributed by atoms with Crippen LogP contribution in [0.3, 0.4) is 0 Å². The average molecular weight is 504 g/mol. The van der Waals surface area contributed by atoms with Gasteiger partial charge in [0, 0.05) is 5.54 Å². The van der Waals surface area contributed by atoms with E-state index in [9.17, 15) is 13.2 Å². The van der Waals surface area contributed by atoms with E-state index in [-0.39, 0.29) is 5.54 Å². The van der Waals surface area contributed by atoms with E-state index in [1.807, 2.05) is 0 Å². The Balaban J connectivity index is 0. The molecule has 4 nitrogen and oxygen atoms in total. The van der Waals surface area contributed by atoms with E-state index < -0.39 is 15.6 Å². The molecule has 0 amide bonds. The van der Waals surface area contributed by atoms with Gasteiger partial charge in [-0.05, 0) is 19.3 Å². The fraction of sp³-hybridized carbons (Fsp3) is 1.00. The highest BCUT2D eigenvalue weighted by Gasteiger charge is 2.44. The number of rotatable bonds is 20. The molecule has 3 N–H and O–H groups in total. The third-order valence-corrected chi connectivity index (χ3v) is 6.71. The molecule has 0 fully saturated rings. The van der Waals surface area contributed by atoms with Crippen molar-refractivity contribution in [2.45, 2.75) is 160 Å². The van der Waals surface area contributed by atoms with Gasteiger partial charge in [0.1, 0.15) is 0 Å². The van der Waals surface area contributed by atoms with E-state index in [1.54, 1.807) is 0 Å². The van der Waals surface area contributed by atoms with Crippen LogP contribution in [0.4, 0.5) is 13.2 Å². The lowest BCUT2D eigenvalue weighted by Gasteiger charge is -2.30. The zero-order chi connectivity index (χ0) is 25.6. The van der Waals surface area contributed by atoms with Gasteiger partial charge >= 0.3 is 15.6 Å². The maximum Gasteiger partial charge on any atom is 0.522 e. The molecule has 0 rings (SSSR count). The van der Waals surface area contributed by atoms with Crippen molar-refractivity contribution in [3.8, 4) is 0 Å².